The Hall–Kier alpha value is -0.160. The van der Waals surface area contributed by atoms with Crippen molar-refractivity contribution in [3.8, 4) is 0 Å². The Morgan fingerprint density at radius 1 is 1.27 bits per heavy atom. The fourth-order valence-electron chi connectivity index (χ4n) is 2.07. The van der Waals surface area contributed by atoms with Gasteiger partial charge in [-0.2, -0.15) is 0 Å². The maximum Gasteiger partial charge on any atom is 0.0698 e. The van der Waals surface area contributed by atoms with Gasteiger partial charge in [0.2, 0.25) is 0 Å². The molecule has 1 aliphatic heterocycles. The summed E-state index contributed by atoms with van der Waals surface area (Å²) in [5.41, 5.74) is 0. The summed E-state index contributed by atoms with van der Waals surface area (Å²) < 4.78 is 10.8. The lowest BCUT2D eigenvalue weighted by Gasteiger charge is -2.32. The third kappa shape index (κ3) is 5.47. The molecule has 90 valence electrons. The van der Waals surface area contributed by atoms with Gasteiger partial charge in [0.25, 0.3) is 0 Å². The summed E-state index contributed by atoms with van der Waals surface area (Å²) in [5, 5.41) is 12.0. The molecule has 0 aromatic carbocycles. The molecule has 1 unspecified atom stereocenters. The van der Waals surface area contributed by atoms with Gasteiger partial charge in [0.15, 0.2) is 0 Å². The van der Waals surface area contributed by atoms with E-state index in [9.17, 15) is 0 Å². The molecule has 0 spiro atoms. The number of hydrogen-bond acceptors (Lipinski definition) is 4. The lowest BCUT2D eigenvalue weighted by atomic mass is 10.00. The highest BCUT2D eigenvalue weighted by molar-refractivity contribution is 4.78. The predicted octanol–water partition coefficient (Wildman–Crippen LogP) is 0.541. The number of rotatable bonds is 6. The molecule has 0 saturated carbocycles. The van der Waals surface area contributed by atoms with Gasteiger partial charge in [-0.3, -0.25) is 0 Å². The van der Waals surface area contributed by atoms with Gasteiger partial charge in [0.05, 0.1) is 32.0 Å². The highest BCUT2D eigenvalue weighted by atomic mass is 16.5. The van der Waals surface area contributed by atoms with Crippen LogP contribution in [0.2, 0.25) is 0 Å². The second-order valence-electron chi connectivity index (χ2n) is 4.22. The summed E-state index contributed by atoms with van der Waals surface area (Å²) in [6, 6.07) is 0.543. The van der Waals surface area contributed by atoms with Crippen LogP contribution in [0.25, 0.3) is 0 Å². The Morgan fingerprint density at radius 2 is 1.93 bits per heavy atom. The molecule has 1 fully saturated rings. The molecule has 1 aliphatic rings. The Bertz CT molecular complexity index is 156. The first-order valence-corrected chi connectivity index (χ1v) is 5.79. The van der Waals surface area contributed by atoms with E-state index in [-0.39, 0.29) is 6.61 Å². The number of aliphatic hydroxyl groups excluding tert-OH is 1. The van der Waals surface area contributed by atoms with Gasteiger partial charge in [-0.15, -0.1) is 0 Å². The minimum Gasteiger partial charge on any atom is -0.394 e. The van der Waals surface area contributed by atoms with Crippen LogP contribution >= 0.6 is 0 Å². The van der Waals surface area contributed by atoms with Crippen molar-refractivity contribution in [3.63, 3.8) is 0 Å². The van der Waals surface area contributed by atoms with Crippen LogP contribution < -0.4 is 5.32 Å². The van der Waals surface area contributed by atoms with Gasteiger partial charge in [0.1, 0.15) is 0 Å². The van der Waals surface area contributed by atoms with Crippen LogP contribution in [-0.4, -0.2) is 49.7 Å². The quantitative estimate of drug-likeness (QED) is 0.638. The van der Waals surface area contributed by atoms with Crippen LogP contribution in [0.1, 0.15) is 26.7 Å². The lowest BCUT2D eigenvalue weighted by molar-refractivity contribution is -0.0429. The van der Waals surface area contributed by atoms with Gasteiger partial charge < -0.3 is 19.9 Å². The van der Waals surface area contributed by atoms with Crippen LogP contribution in [0.4, 0.5) is 0 Å². The van der Waals surface area contributed by atoms with Gasteiger partial charge in [-0.25, -0.2) is 0 Å². The van der Waals surface area contributed by atoms with Gasteiger partial charge in [0, 0.05) is 12.6 Å². The van der Waals surface area contributed by atoms with E-state index in [1.54, 1.807) is 0 Å². The summed E-state index contributed by atoms with van der Waals surface area (Å²) in [6.45, 7) is 6.29. The van der Waals surface area contributed by atoms with E-state index in [0.29, 0.717) is 31.5 Å². The van der Waals surface area contributed by atoms with E-state index in [4.69, 9.17) is 14.6 Å². The Kier molecular flexibility index (Phi) is 6.17. The van der Waals surface area contributed by atoms with Crippen molar-refractivity contribution in [1.29, 1.82) is 0 Å². The molecule has 4 nitrogen and oxygen atoms in total. The fourth-order valence-corrected chi connectivity index (χ4v) is 2.07. The molecule has 3 atom stereocenters. The molecular weight excluding hydrogens is 194 g/mol. The van der Waals surface area contributed by atoms with Crippen molar-refractivity contribution in [2.75, 3.05) is 26.4 Å². The van der Waals surface area contributed by atoms with Crippen molar-refractivity contribution in [2.45, 2.75) is 44.9 Å². The van der Waals surface area contributed by atoms with Crippen molar-refractivity contribution in [3.05, 3.63) is 0 Å². The minimum absolute atomic E-state index is 0.103. The predicted molar refractivity (Wildman–Crippen MR) is 58.9 cm³/mol. The second kappa shape index (κ2) is 7.17. The van der Waals surface area contributed by atoms with Gasteiger partial charge >= 0.3 is 0 Å². The molecule has 1 rings (SSSR count). The van der Waals surface area contributed by atoms with Crippen LogP contribution in [0.15, 0.2) is 0 Å². The van der Waals surface area contributed by atoms with E-state index in [1.165, 1.54) is 0 Å². The molecule has 0 amide bonds. The van der Waals surface area contributed by atoms with Crippen LogP contribution in [-0.2, 0) is 9.47 Å². The highest BCUT2D eigenvalue weighted by Crippen LogP contribution is 2.18. The molecular formula is C11H23NO3. The Labute approximate surface area is 92.0 Å². The maximum absolute atomic E-state index is 8.52. The number of ether oxygens (including phenoxy) is 2. The van der Waals surface area contributed by atoms with E-state index >= 15 is 0 Å². The van der Waals surface area contributed by atoms with E-state index in [0.717, 1.165) is 19.4 Å². The lowest BCUT2D eigenvalue weighted by Crippen LogP contribution is -2.42. The molecule has 15 heavy (non-hydrogen) atoms. The van der Waals surface area contributed by atoms with Crippen LogP contribution in [0, 0.1) is 0 Å². The second-order valence-corrected chi connectivity index (χ2v) is 4.22. The Balaban J connectivity index is 2.04. The van der Waals surface area contributed by atoms with E-state index in [2.05, 4.69) is 19.2 Å². The molecule has 0 aromatic heterocycles. The molecule has 0 aliphatic carbocycles. The summed E-state index contributed by atoms with van der Waals surface area (Å²) in [4.78, 5) is 0. The van der Waals surface area contributed by atoms with Gasteiger partial charge in [-0.05, 0) is 26.7 Å². The maximum atomic E-state index is 8.52. The molecule has 2 N–H and O–H groups in total. The monoisotopic (exact) mass is 217 g/mol. The highest BCUT2D eigenvalue weighted by Gasteiger charge is 2.23. The molecule has 1 saturated heterocycles. The van der Waals surface area contributed by atoms with Crippen LogP contribution in [0.5, 0.6) is 0 Å². The van der Waals surface area contributed by atoms with Crippen molar-refractivity contribution in [2.24, 2.45) is 0 Å². The zero-order valence-electron chi connectivity index (χ0n) is 9.74. The van der Waals surface area contributed by atoms with Crippen molar-refractivity contribution < 1.29 is 14.6 Å². The fraction of sp³-hybridized carbons (Fsp3) is 1.00. The first-order chi connectivity index (χ1) is 7.22. The average Bonchev–Trinajstić information content (AvgIpc) is 2.16. The first-order valence-electron chi connectivity index (χ1n) is 5.79. The summed E-state index contributed by atoms with van der Waals surface area (Å²) >= 11 is 0. The van der Waals surface area contributed by atoms with Crippen LogP contribution in [0.3, 0.4) is 0 Å². The summed E-state index contributed by atoms with van der Waals surface area (Å²) in [7, 11) is 0. The SMILES string of the molecule is C[C@@H]1CC(NCCOCCO)C[C@H](C)O1. The number of aliphatic hydroxyl groups is 1. The third-order valence-corrected chi connectivity index (χ3v) is 2.61. The third-order valence-electron chi connectivity index (χ3n) is 2.61. The zero-order valence-corrected chi connectivity index (χ0v) is 9.74. The average molecular weight is 217 g/mol. The topological polar surface area (TPSA) is 50.7 Å². The zero-order chi connectivity index (χ0) is 11.1. The number of hydrogen-bond donors (Lipinski definition) is 2. The Morgan fingerprint density at radius 3 is 2.53 bits per heavy atom. The number of nitrogens with one attached hydrogen (secondary N) is 1. The van der Waals surface area contributed by atoms with Crippen molar-refractivity contribution in [1.82, 2.24) is 5.32 Å². The van der Waals surface area contributed by atoms with E-state index < -0.39 is 0 Å². The minimum atomic E-state index is 0.103. The summed E-state index contributed by atoms with van der Waals surface area (Å²) in [6.07, 6.45) is 2.85. The standard InChI is InChI=1S/C11H23NO3/c1-9-7-11(8-10(2)15-9)12-3-5-14-6-4-13/h9-13H,3-8H2,1-2H3/t9-,10+,11?. The molecule has 0 aromatic rings. The van der Waals surface area contributed by atoms with Crippen molar-refractivity contribution >= 4 is 0 Å². The first kappa shape index (κ1) is 12.9. The molecule has 4 heteroatoms. The van der Waals surface area contributed by atoms with Gasteiger partial charge in [-0.1, -0.05) is 0 Å². The van der Waals surface area contributed by atoms with E-state index in [1.807, 2.05) is 0 Å². The summed E-state index contributed by atoms with van der Waals surface area (Å²) in [5.74, 6) is 0. The molecule has 0 bridgehead atoms. The molecule has 1 heterocycles. The molecule has 0 radical (unpaired) electrons. The smallest absolute Gasteiger partial charge is 0.0698 e. The largest absolute Gasteiger partial charge is 0.394 e. The normalized spacial score (nSPS) is 31.8.